The van der Waals surface area contributed by atoms with E-state index < -0.39 is 0 Å². The van der Waals surface area contributed by atoms with Crippen LogP contribution in [0, 0.1) is 11.7 Å². The summed E-state index contributed by atoms with van der Waals surface area (Å²) in [6, 6.07) is 6.38. The molecular formula is C16H23FN2O2. The molecule has 0 bridgehead atoms. The predicted molar refractivity (Wildman–Crippen MR) is 80.6 cm³/mol. The highest BCUT2D eigenvalue weighted by atomic mass is 19.1. The lowest BCUT2D eigenvalue weighted by molar-refractivity contribution is -0.124. The van der Waals surface area contributed by atoms with Crippen molar-refractivity contribution in [2.45, 2.75) is 32.3 Å². The fourth-order valence-corrected chi connectivity index (χ4v) is 2.80. The van der Waals surface area contributed by atoms with Crippen molar-refractivity contribution in [2.75, 3.05) is 24.6 Å². The maximum Gasteiger partial charge on any atom is 0.232 e. The summed E-state index contributed by atoms with van der Waals surface area (Å²) in [5.41, 5.74) is 5.87. The van der Waals surface area contributed by atoms with Gasteiger partial charge >= 0.3 is 0 Å². The Bertz CT molecular complexity index is 481. The standard InChI is InChI=1S/C16H23FN2O2/c1-2-15-12(8-11-21-15)16(20)19(10-5-9-18)14-7-4-3-6-13(14)17/h3-4,6-7,12,15H,2,5,8-11,18H2,1H3. The summed E-state index contributed by atoms with van der Waals surface area (Å²) in [6.07, 6.45) is 2.07. The quantitative estimate of drug-likeness (QED) is 0.876. The molecule has 5 heteroatoms. The summed E-state index contributed by atoms with van der Waals surface area (Å²) < 4.78 is 19.6. The van der Waals surface area contributed by atoms with Crippen LogP contribution < -0.4 is 10.6 Å². The van der Waals surface area contributed by atoms with E-state index in [1.54, 1.807) is 18.2 Å². The number of para-hydroxylation sites is 1. The zero-order chi connectivity index (χ0) is 15.2. The number of anilines is 1. The van der Waals surface area contributed by atoms with Gasteiger partial charge in [0, 0.05) is 13.2 Å². The summed E-state index contributed by atoms with van der Waals surface area (Å²) in [6.45, 7) is 3.50. The van der Waals surface area contributed by atoms with Crippen LogP contribution in [0.15, 0.2) is 24.3 Å². The molecule has 1 fully saturated rings. The number of ether oxygens (including phenoxy) is 1. The van der Waals surface area contributed by atoms with Gasteiger partial charge < -0.3 is 15.4 Å². The minimum Gasteiger partial charge on any atom is -0.377 e. The summed E-state index contributed by atoms with van der Waals surface area (Å²) >= 11 is 0. The van der Waals surface area contributed by atoms with Crippen LogP contribution >= 0.6 is 0 Å². The zero-order valence-electron chi connectivity index (χ0n) is 12.4. The normalized spacial score (nSPS) is 21.5. The van der Waals surface area contributed by atoms with Crippen molar-refractivity contribution in [1.82, 2.24) is 0 Å². The number of halogens is 1. The molecule has 4 nitrogen and oxygen atoms in total. The summed E-state index contributed by atoms with van der Waals surface area (Å²) in [5, 5.41) is 0. The van der Waals surface area contributed by atoms with E-state index in [2.05, 4.69) is 0 Å². The molecule has 0 aromatic heterocycles. The minimum absolute atomic E-state index is 0.0575. The van der Waals surface area contributed by atoms with E-state index in [4.69, 9.17) is 10.5 Å². The zero-order valence-corrected chi connectivity index (χ0v) is 12.4. The van der Waals surface area contributed by atoms with Crippen molar-refractivity contribution in [3.05, 3.63) is 30.1 Å². The van der Waals surface area contributed by atoms with Crippen molar-refractivity contribution in [3.8, 4) is 0 Å². The molecule has 2 atom stereocenters. The predicted octanol–water partition coefficient (Wildman–Crippen LogP) is 2.32. The third-order valence-electron chi connectivity index (χ3n) is 3.92. The van der Waals surface area contributed by atoms with Gasteiger partial charge in [-0.3, -0.25) is 4.79 Å². The lowest BCUT2D eigenvalue weighted by atomic mass is 9.97. The Morgan fingerprint density at radius 3 is 2.90 bits per heavy atom. The van der Waals surface area contributed by atoms with Crippen molar-refractivity contribution < 1.29 is 13.9 Å². The largest absolute Gasteiger partial charge is 0.377 e. The lowest BCUT2D eigenvalue weighted by Gasteiger charge is -2.27. The average Bonchev–Trinajstić information content (AvgIpc) is 2.97. The van der Waals surface area contributed by atoms with E-state index in [0.29, 0.717) is 38.2 Å². The molecular weight excluding hydrogens is 271 g/mol. The molecule has 0 aliphatic carbocycles. The van der Waals surface area contributed by atoms with Crippen molar-refractivity contribution in [2.24, 2.45) is 11.7 Å². The van der Waals surface area contributed by atoms with Crippen LogP contribution in [0.3, 0.4) is 0 Å². The molecule has 2 rings (SSSR count). The molecule has 1 amide bonds. The van der Waals surface area contributed by atoms with Crippen LogP contribution in [-0.4, -0.2) is 31.7 Å². The molecule has 1 saturated heterocycles. The van der Waals surface area contributed by atoms with Gasteiger partial charge in [-0.15, -0.1) is 0 Å². The number of amides is 1. The number of carbonyl (C=O) groups is 1. The second-order valence-electron chi connectivity index (χ2n) is 5.30. The molecule has 1 aliphatic rings. The van der Waals surface area contributed by atoms with Gasteiger partial charge in [0.05, 0.1) is 17.7 Å². The van der Waals surface area contributed by atoms with Gasteiger partial charge in [-0.25, -0.2) is 4.39 Å². The van der Waals surface area contributed by atoms with E-state index in [1.807, 2.05) is 6.92 Å². The summed E-state index contributed by atoms with van der Waals surface area (Å²) in [5.74, 6) is -0.625. The highest BCUT2D eigenvalue weighted by molar-refractivity contribution is 5.95. The minimum atomic E-state index is -0.380. The van der Waals surface area contributed by atoms with Gasteiger partial charge in [-0.1, -0.05) is 19.1 Å². The van der Waals surface area contributed by atoms with Gasteiger partial charge in [0.15, 0.2) is 0 Å². The molecule has 0 saturated carbocycles. The van der Waals surface area contributed by atoms with Crippen LogP contribution in [0.4, 0.5) is 10.1 Å². The third-order valence-corrected chi connectivity index (χ3v) is 3.92. The van der Waals surface area contributed by atoms with E-state index in [-0.39, 0.29) is 23.7 Å². The van der Waals surface area contributed by atoms with Crippen molar-refractivity contribution in [3.63, 3.8) is 0 Å². The maximum absolute atomic E-state index is 14.0. The van der Waals surface area contributed by atoms with Gasteiger partial charge in [-0.05, 0) is 37.9 Å². The molecule has 1 aromatic rings. The van der Waals surface area contributed by atoms with E-state index in [9.17, 15) is 9.18 Å². The second-order valence-corrected chi connectivity index (χ2v) is 5.30. The molecule has 1 heterocycles. The van der Waals surface area contributed by atoms with E-state index in [0.717, 1.165) is 6.42 Å². The molecule has 21 heavy (non-hydrogen) atoms. The Morgan fingerprint density at radius 1 is 1.48 bits per heavy atom. The molecule has 2 unspecified atom stereocenters. The fraction of sp³-hybridized carbons (Fsp3) is 0.562. The second kappa shape index (κ2) is 7.52. The molecule has 0 radical (unpaired) electrons. The summed E-state index contributed by atoms with van der Waals surface area (Å²) in [4.78, 5) is 14.3. The number of nitrogens with zero attached hydrogens (tertiary/aromatic N) is 1. The first-order valence-electron chi connectivity index (χ1n) is 7.56. The highest BCUT2D eigenvalue weighted by Crippen LogP contribution is 2.29. The number of hydrogen-bond donors (Lipinski definition) is 1. The average molecular weight is 294 g/mol. The van der Waals surface area contributed by atoms with Gasteiger partial charge in [-0.2, -0.15) is 0 Å². The molecule has 116 valence electrons. The van der Waals surface area contributed by atoms with Crippen molar-refractivity contribution in [1.29, 1.82) is 0 Å². The monoisotopic (exact) mass is 294 g/mol. The number of hydrogen-bond acceptors (Lipinski definition) is 3. The number of rotatable bonds is 6. The molecule has 0 spiro atoms. The molecule has 2 N–H and O–H groups in total. The summed E-state index contributed by atoms with van der Waals surface area (Å²) in [7, 11) is 0. The first kappa shape index (κ1) is 15.9. The first-order valence-corrected chi connectivity index (χ1v) is 7.56. The van der Waals surface area contributed by atoms with Crippen molar-refractivity contribution >= 4 is 11.6 Å². The lowest BCUT2D eigenvalue weighted by Crippen LogP contribution is -2.41. The molecule has 1 aromatic carbocycles. The maximum atomic E-state index is 14.0. The van der Waals surface area contributed by atoms with Gasteiger partial charge in [0.1, 0.15) is 5.82 Å². The van der Waals surface area contributed by atoms with E-state index in [1.165, 1.54) is 11.0 Å². The number of benzene rings is 1. The van der Waals surface area contributed by atoms with Crippen LogP contribution in [0.2, 0.25) is 0 Å². The van der Waals surface area contributed by atoms with Gasteiger partial charge in [0.25, 0.3) is 0 Å². The fourth-order valence-electron chi connectivity index (χ4n) is 2.80. The van der Waals surface area contributed by atoms with Crippen LogP contribution in [-0.2, 0) is 9.53 Å². The highest BCUT2D eigenvalue weighted by Gasteiger charge is 2.36. The Labute approximate surface area is 125 Å². The Kier molecular flexibility index (Phi) is 5.70. The Balaban J connectivity index is 2.23. The van der Waals surface area contributed by atoms with Gasteiger partial charge in [0.2, 0.25) is 5.91 Å². The smallest absolute Gasteiger partial charge is 0.232 e. The van der Waals surface area contributed by atoms with E-state index >= 15 is 0 Å². The topological polar surface area (TPSA) is 55.6 Å². The first-order chi connectivity index (χ1) is 10.2. The SMILES string of the molecule is CCC1OCCC1C(=O)N(CCCN)c1ccccc1F. The third kappa shape index (κ3) is 3.60. The Hall–Kier alpha value is -1.46. The van der Waals surface area contributed by atoms with Crippen LogP contribution in [0.1, 0.15) is 26.2 Å². The number of carbonyl (C=O) groups excluding carboxylic acids is 1. The molecule has 1 aliphatic heterocycles. The number of nitrogens with two attached hydrogens (primary N) is 1. The Morgan fingerprint density at radius 2 is 2.24 bits per heavy atom. The van der Waals surface area contributed by atoms with Crippen LogP contribution in [0.5, 0.6) is 0 Å². The van der Waals surface area contributed by atoms with Crippen LogP contribution in [0.25, 0.3) is 0 Å².